The van der Waals surface area contributed by atoms with Crippen molar-refractivity contribution in [3.05, 3.63) is 0 Å². The summed E-state index contributed by atoms with van der Waals surface area (Å²) in [5, 5.41) is 3.70. The van der Waals surface area contributed by atoms with Crippen molar-refractivity contribution < 1.29 is 4.21 Å². The lowest BCUT2D eigenvalue weighted by molar-refractivity contribution is 0.193. The van der Waals surface area contributed by atoms with Gasteiger partial charge in [0.25, 0.3) is 0 Å². The summed E-state index contributed by atoms with van der Waals surface area (Å²) in [5.74, 6) is 2.52. The van der Waals surface area contributed by atoms with Gasteiger partial charge in [-0.1, -0.05) is 20.8 Å². The molecule has 1 saturated carbocycles. The van der Waals surface area contributed by atoms with Gasteiger partial charge in [-0.05, 0) is 30.7 Å². The van der Waals surface area contributed by atoms with E-state index in [1.807, 2.05) is 0 Å². The Bertz CT molecular complexity index is 296. The van der Waals surface area contributed by atoms with Crippen LogP contribution >= 0.6 is 0 Å². The summed E-state index contributed by atoms with van der Waals surface area (Å²) in [7, 11) is -0.549. The number of nitrogens with zero attached hydrogens (tertiary/aromatic N) is 1. The molecule has 2 fully saturated rings. The lowest BCUT2D eigenvalue weighted by atomic mass is 9.84. The molecule has 2 aliphatic rings. The fraction of sp³-hybridized carbons (Fsp3) is 1.00. The smallest absolute Gasteiger partial charge is 0.0363 e. The first-order chi connectivity index (χ1) is 8.53. The van der Waals surface area contributed by atoms with Gasteiger partial charge in [0.15, 0.2) is 0 Å². The van der Waals surface area contributed by atoms with Crippen LogP contribution in [0.5, 0.6) is 0 Å². The van der Waals surface area contributed by atoms with Crippen LogP contribution in [-0.4, -0.2) is 52.8 Å². The van der Waals surface area contributed by atoms with Gasteiger partial charge in [-0.15, -0.1) is 0 Å². The second-order valence-corrected chi connectivity index (χ2v) is 8.17. The summed E-state index contributed by atoms with van der Waals surface area (Å²) >= 11 is 0. The highest BCUT2D eigenvalue weighted by atomic mass is 32.2. The van der Waals surface area contributed by atoms with E-state index < -0.39 is 10.8 Å². The Labute approximate surface area is 114 Å². The topological polar surface area (TPSA) is 32.3 Å². The minimum absolute atomic E-state index is 0.430. The molecular formula is C14H28N2OS. The minimum atomic E-state index is -0.549. The Balaban J connectivity index is 1.90. The van der Waals surface area contributed by atoms with E-state index in [0.717, 1.165) is 37.1 Å². The van der Waals surface area contributed by atoms with Crippen molar-refractivity contribution in [2.45, 2.75) is 39.7 Å². The van der Waals surface area contributed by atoms with Crippen molar-refractivity contribution in [1.82, 2.24) is 10.2 Å². The lowest BCUT2D eigenvalue weighted by Gasteiger charge is -2.35. The number of rotatable bonds is 4. The SMILES string of the molecule is CCNC1C(CN2CCS(=O)CC2)CCC1(C)C. The van der Waals surface area contributed by atoms with Crippen molar-refractivity contribution in [2.75, 3.05) is 37.7 Å². The van der Waals surface area contributed by atoms with E-state index in [1.54, 1.807) is 0 Å². The molecule has 2 unspecified atom stereocenters. The predicted molar refractivity (Wildman–Crippen MR) is 78.3 cm³/mol. The molecule has 0 amide bonds. The maximum absolute atomic E-state index is 11.4. The summed E-state index contributed by atoms with van der Waals surface area (Å²) in [6.07, 6.45) is 2.67. The van der Waals surface area contributed by atoms with Gasteiger partial charge in [-0.25, -0.2) is 0 Å². The number of nitrogens with one attached hydrogen (secondary N) is 1. The maximum Gasteiger partial charge on any atom is 0.0363 e. The molecular weight excluding hydrogens is 244 g/mol. The van der Waals surface area contributed by atoms with Gasteiger partial charge in [0.05, 0.1) is 0 Å². The highest BCUT2D eigenvalue weighted by Crippen LogP contribution is 2.41. The molecule has 0 bridgehead atoms. The van der Waals surface area contributed by atoms with Crippen LogP contribution in [0.3, 0.4) is 0 Å². The molecule has 0 aromatic carbocycles. The zero-order chi connectivity index (χ0) is 13.2. The van der Waals surface area contributed by atoms with Crippen LogP contribution in [0.1, 0.15) is 33.6 Å². The van der Waals surface area contributed by atoms with Gasteiger partial charge < -0.3 is 10.2 Å². The zero-order valence-electron chi connectivity index (χ0n) is 12.1. The quantitative estimate of drug-likeness (QED) is 0.841. The van der Waals surface area contributed by atoms with E-state index in [1.165, 1.54) is 19.4 Å². The molecule has 4 heteroatoms. The Morgan fingerprint density at radius 2 is 2.00 bits per heavy atom. The maximum atomic E-state index is 11.4. The van der Waals surface area contributed by atoms with Crippen molar-refractivity contribution >= 4 is 10.8 Å². The van der Waals surface area contributed by atoms with Crippen LogP contribution in [-0.2, 0) is 10.8 Å². The van der Waals surface area contributed by atoms with Gasteiger partial charge >= 0.3 is 0 Å². The van der Waals surface area contributed by atoms with Crippen LogP contribution in [0.2, 0.25) is 0 Å². The van der Waals surface area contributed by atoms with Crippen molar-refractivity contribution in [2.24, 2.45) is 11.3 Å². The Morgan fingerprint density at radius 3 is 2.61 bits per heavy atom. The highest BCUT2D eigenvalue weighted by Gasteiger charge is 2.41. The fourth-order valence-corrected chi connectivity index (χ4v) is 4.69. The van der Waals surface area contributed by atoms with Crippen molar-refractivity contribution in [3.8, 4) is 0 Å². The lowest BCUT2D eigenvalue weighted by Crippen LogP contribution is -2.47. The predicted octanol–water partition coefficient (Wildman–Crippen LogP) is 1.46. The molecule has 1 N–H and O–H groups in total. The molecule has 1 aliphatic carbocycles. The first kappa shape index (κ1) is 14.5. The first-order valence-corrected chi connectivity index (χ1v) is 8.82. The van der Waals surface area contributed by atoms with Gasteiger partial charge in [-0.2, -0.15) is 0 Å². The zero-order valence-corrected chi connectivity index (χ0v) is 12.9. The molecule has 18 heavy (non-hydrogen) atoms. The average Bonchev–Trinajstić information content (AvgIpc) is 2.60. The average molecular weight is 272 g/mol. The van der Waals surface area contributed by atoms with Gasteiger partial charge in [0.2, 0.25) is 0 Å². The van der Waals surface area contributed by atoms with Gasteiger partial charge in [0, 0.05) is 48.0 Å². The van der Waals surface area contributed by atoms with Crippen LogP contribution in [0.25, 0.3) is 0 Å². The molecule has 2 atom stereocenters. The molecule has 106 valence electrons. The standard InChI is InChI=1S/C14H28N2OS/c1-4-15-13-12(5-6-14(13,2)3)11-16-7-9-18(17)10-8-16/h12-13,15H,4-11H2,1-3H3. The second-order valence-electron chi connectivity index (χ2n) is 6.47. The van der Waals surface area contributed by atoms with E-state index in [0.29, 0.717) is 11.5 Å². The van der Waals surface area contributed by atoms with Gasteiger partial charge in [0.1, 0.15) is 0 Å². The third-order valence-corrected chi connectivity index (χ3v) is 5.94. The fourth-order valence-electron chi connectivity index (χ4n) is 3.57. The Kier molecular flexibility index (Phi) is 4.84. The van der Waals surface area contributed by atoms with E-state index in [4.69, 9.17) is 0 Å². The molecule has 1 saturated heterocycles. The van der Waals surface area contributed by atoms with Crippen LogP contribution in [0, 0.1) is 11.3 Å². The van der Waals surface area contributed by atoms with Crippen LogP contribution in [0.15, 0.2) is 0 Å². The number of hydrogen-bond acceptors (Lipinski definition) is 3. The van der Waals surface area contributed by atoms with E-state index in [-0.39, 0.29) is 0 Å². The highest BCUT2D eigenvalue weighted by molar-refractivity contribution is 7.85. The molecule has 0 aromatic rings. The van der Waals surface area contributed by atoms with Crippen LogP contribution < -0.4 is 5.32 Å². The molecule has 0 aromatic heterocycles. The summed E-state index contributed by atoms with van der Waals surface area (Å²) in [6, 6.07) is 0.648. The Hall–Kier alpha value is 0.0700. The monoisotopic (exact) mass is 272 g/mol. The van der Waals surface area contributed by atoms with Crippen molar-refractivity contribution in [3.63, 3.8) is 0 Å². The van der Waals surface area contributed by atoms with Gasteiger partial charge in [-0.3, -0.25) is 4.21 Å². The molecule has 0 spiro atoms. The largest absolute Gasteiger partial charge is 0.313 e. The summed E-state index contributed by atoms with van der Waals surface area (Å²) in [6.45, 7) is 11.3. The van der Waals surface area contributed by atoms with E-state index >= 15 is 0 Å². The third kappa shape index (κ3) is 3.34. The molecule has 2 rings (SSSR count). The normalized spacial score (nSPS) is 33.9. The minimum Gasteiger partial charge on any atom is -0.313 e. The Morgan fingerprint density at radius 1 is 1.33 bits per heavy atom. The summed E-state index contributed by atoms with van der Waals surface area (Å²) < 4.78 is 11.4. The second kappa shape index (κ2) is 6.02. The number of hydrogen-bond donors (Lipinski definition) is 1. The third-order valence-electron chi connectivity index (χ3n) is 4.66. The molecule has 1 heterocycles. The van der Waals surface area contributed by atoms with Crippen molar-refractivity contribution in [1.29, 1.82) is 0 Å². The molecule has 3 nitrogen and oxygen atoms in total. The summed E-state index contributed by atoms with van der Waals surface area (Å²) in [4.78, 5) is 2.53. The summed E-state index contributed by atoms with van der Waals surface area (Å²) in [5.41, 5.74) is 0.430. The molecule has 0 radical (unpaired) electrons. The molecule has 1 aliphatic heterocycles. The first-order valence-electron chi connectivity index (χ1n) is 7.33. The van der Waals surface area contributed by atoms with E-state index in [9.17, 15) is 4.21 Å². The van der Waals surface area contributed by atoms with E-state index in [2.05, 4.69) is 31.0 Å². The van der Waals surface area contributed by atoms with Crippen LogP contribution in [0.4, 0.5) is 0 Å².